The van der Waals surface area contributed by atoms with Gasteiger partial charge in [0.25, 0.3) is 10.0 Å². The molecule has 0 spiro atoms. The van der Waals surface area contributed by atoms with Gasteiger partial charge in [0.2, 0.25) is 0 Å². The standard InChI is InChI=1S/C11H20N4O2S/c1-9(2)15-11(3-6-13-15)18(16,17)14-7-4-10(12)5-8-14/h3,6,9-10H,4-5,7-8,12H2,1-2H3. The lowest BCUT2D eigenvalue weighted by Crippen LogP contribution is -2.43. The average molecular weight is 272 g/mol. The Labute approximate surface area is 108 Å². The highest BCUT2D eigenvalue weighted by atomic mass is 32.2. The van der Waals surface area contributed by atoms with E-state index in [0.29, 0.717) is 13.1 Å². The van der Waals surface area contributed by atoms with Crippen LogP contribution >= 0.6 is 0 Å². The molecule has 1 aliphatic rings. The van der Waals surface area contributed by atoms with Crippen molar-refractivity contribution in [2.75, 3.05) is 13.1 Å². The summed E-state index contributed by atoms with van der Waals surface area (Å²) < 4.78 is 28.1. The largest absolute Gasteiger partial charge is 0.328 e. The van der Waals surface area contributed by atoms with Gasteiger partial charge in [-0.2, -0.15) is 9.40 Å². The molecule has 0 radical (unpaired) electrons. The lowest BCUT2D eigenvalue weighted by molar-refractivity contribution is 0.316. The summed E-state index contributed by atoms with van der Waals surface area (Å²) in [5, 5.41) is 4.35. The van der Waals surface area contributed by atoms with E-state index in [4.69, 9.17) is 5.73 Å². The molecule has 1 aliphatic heterocycles. The third kappa shape index (κ3) is 2.43. The molecule has 0 unspecified atom stereocenters. The van der Waals surface area contributed by atoms with Gasteiger partial charge in [-0.15, -0.1) is 0 Å². The van der Waals surface area contributed by atoms with Crippen LogP contribution < -0.4 is 5.73 Å². The number of hydrogen-bond acceptors (Lipinski definition) is 4. The van der Waals surface area contributed by atoms with E-state index in [-0.39, 0.29) is 17.1 Å². The van der Waals surface area contributed by atoms with E-state index in [2.05, 4.69) is 5.10 Å². The predicted molar refractivity (Wildman–Crippen MR) is 68.6 cm³/mol. The quantitative estimate of drug-likeness (QED) is 0.872. The molecule has 0 bridgehead atoms. The minimum absolute atomic E-state index is 0.0248. The maximum Gasteiger partial charge on any atom is 0.260 e. The van der Waals surface area contributed by atoms with Crippen molar-refractivity contribution in [2.24, 2.45) is 5.73 Å². The van der Waals surface area contributed by atoms with Gasteiger partial charge in [0.05, 0.1) is 6.20 Å². The molecular formula is C11H20N4O2S. The highest BCUT2D eigenvalue weighted by Gasteiger charge is 2.31. The first-order valence-corrected chi connectivity index (χ1v) is 7.66. The normalized spacial score (nSPS) is 19.6. The van der Waals surface area contributed by atoms with Gasteiger partial charge in [-0.3, -0.25) is 4.68 Å². The van der Waals surface area contributed by atoms with E-state index >= 15 is 0 Å². The first-order valence-electron chi connectivity index (χ1n) is 6.22. The monoisotopic (exact) mass is 272 g/mol. The molecule has 0 aliphatic carbocycles. The number of sulfonamides is 1. The Bertz CT molecular complexity index is 501. The van der Waals surface area contributed by atoms with E-state index in [0.717, 1.165) is 12.8 Å². The summed E-state index contributed by atoms with van der Waals surface area (Å²) in [7, 11) is -3.44. The minimum atomic E-state index is -3.44. The molecule has 2 rings (SSSR count). The molecule has 0 saturated carbocycles. The first-order chi connectivity index (χ1) is 8.43. The van der Waals surface area contributed by atoms with Crippen molar-refractivity contribution < 1.29 is 8.42 Å². The Morgan fingerprint density at radius 2 is 2.00 bits per heavy atom. The Hall–Kier alpha value is -0.920. The Kier molecular flexibility index (Phi) is 3.74. The van der Waals surface area contributed by atoms with Crippen LogP contribution in [0.5, 0.6) is 0 Å². The molecule has 0 aromatic carbocycles. The summed E-state index contributed by atoms with van der Waals surface area (Å²) in [6.07, 6.45) is 2.96. The smallest absolute Gasteiger partial charge is 0.260 e. The molecule has 102 valence electrons. The Morgan fingerprint density at radius 3 is 2.56 bits per heavy atom. The van der Waals surface area contributed by atoms with Gasteiger partial charge in [-0.1, -0.05) is 0 Å². The van der Waals surface area contributed by atoms with Crippen LogP contribution in [0, 0.1) is 0 Å². The van der Waals surface area contributed by atoms with Gasteiger partial charge in [0, 0.05) is 25.2 Å². The van der Waals surface area contributed by atoms with Crippen molar-refractivity contribution in [3.05, 3.63) is 12.3 Å². The second-order valence-corrected chi connectivity index (χ2v) is 6.83. The van der Waals surface area contributed by atoms with E-state index in [1.54, 1.807) is 10.7 Å². The molecule has 0 amide bonds. The first kappa shape index (κ1) is 13.5. The molecule has 18 heavy (non-hydrogen) atoms. The van der Waals surface area contributed by atoms with Crippen molar-refractivity contribution in [3.8, 4) is 0 Å². The third-order valence-corrected chi connectivity index (χ3v) is 5.12. The second kappa shape index (κ2) is 4.99. The van der Waals surface area contributed by atoms with Crippen LogP contribution in [0.3, 0.4) is 0 Å². The summed E-state index contributed by atoms with van der Waals surface area (Å²) in [6.45, 7) is 4.82. The molecule has 1 saturated heterocycles. The van der Waals surface area contributed by atoms with Gasteiger partial charge in [0.15, 0.2) is 5.03 Å². The summed E-state index contributed by atoms with van der Waals surface area (Å²) in [6, 6.07) is 1.70. The van der Waals surface area contributed by atoms with Gasteiger partial charge in [-0.25, -0.2) is 8.42 Å². The van der Waals surface area contributed by atoms with Gasteiger partial charge in [0.1, 0.15) is 0 Å². The molecule has 7 heteroatoms. The molecule has 2 N–H and O–H groups in total. The second-order valence-electron chi connectivity index (χ2n) is 4.95. The van der Waals surface area contributed by atoms with Crippen molar-refractivity contribution in [1.82, 2.24) is 14.1 Å². The maximum absolute atomic E-state index is 12.5. The average Bonchev–Trinajstić information content (AvgIpc) is 2.79. The van der Waals surface area contributed by atoms with Crippen LogP contribution in [0.4, 0.5) is 0 Å². The van der Waals surface area contributed by atoms with Crippen LogP contribution in [0.1, 0.15) is 32.7 Å². The Balaban J connectivity index is 2.28. The zero-order valence-electron chi connectivity index (χ0n) is 10.8. The van der Waals surface area contributed by atoms with E-state index in [1.807, 2.05) is 13.8 Å². The molecule has 1 fully saturated rings. The van der Waals surface area contributed by atoms with E-state index < -0.39 is 10.0 Å². The van der Waals surface area contributed by atoms with Crippen LogP contribution in [0.2, 0.25) is 0 Å². The molecule has 0 atom stereocenters. The predicted octanol–water partition coefficient (Wildman–Crippen LogP) is 0.576. The number of nitrogens with two attached hydrogens (primary N) is 1. The molecule has 2 heterocycles. The number of hydrogen-bond donors (Lipinski definition) is 1. The van der Waals surface area contributed by atoms with E-state index in [1.165, 1.54) is 10.5 Å². The fourth-order valence-electron chi connectivity index (χ4n) is 2.14. The summed E-state index contributed by atoms with van der Waals surface area (Å²) in [5.41, 5.74) is 5.80. The molecular weight excluding hydrogens is 252 g/mol. The molecule has 1 aromatic rings. The van der Waals surface area contributed by atoms with Crippen LogP contribution in [-0.4, -0.2) is 41.6 Å². The van der Waals surface area contributed by atoms with Gasteiger partial charge in [-0.05, 0) is 32.8 Å². The summed E-state index contributed by atoms with van der Waals surface area (Å²) >= 11 is 0. The molecule has 6 nitrogen and oxygen atoms in total. The summed E-state index contributed by atoms with van der Waals surface area (Å²) in [4.78, 5) is 0. The highest BCUT2D eigenvalue weighted by Crippen LogP contribution is 2.21. The maximum atomic E-state index is 12.5. The third-order valence-electron chi connectivity index (χ3n) is 3.23. The lowest BCUT2D eigenvalue weighted by atomic mass is 10.1. The number of rotatable bonds is 3. The SMILES string of the molecule is CC(C)n1nccc1S(=O)(=O)N1CCC(N)CC1. The number of aromatic nitrogens is 2. The minimum Gasteiger partial charge on any atom is -0.328 e. The van der Waals surface area contributed by atoms with Crippen LogP contribution in [0.15, 0.2) is 17.3 Å². The zero-order chi connectivity index (χ0) is 13.3. The van der Waals surface area contributed by atoms with Crippen molar-refractivity contribution in [3.63, 3.8) is 0 Å². The highest BCUT2D eigenvalue weighted by molar-refractivity contribution is 7.89. The number of piperidine rings is 1. The van der Waals surface area contributed by atoms with Crippen molar-refractivity contribution in [1.29, 1.82) is 0 Å². The topological polar surface area (TPSA) is 81.2 Å². The molecule has 1 aromatic heterocycles. The van der Waals surface area contributed by atoms with Crippen molar-refractivity contribution in [2.45, 2.75) is 43.8 Å². The van der Waals surface area contributed by atoms with E-state index in [9.17, 15) is 8.42 Å². The van der Waals surface area contributed by atoms with Gasteiger partial charge < -0.3 is 5.73 Å². The Morgan fingerprint density at radius 1 is 1.39 bits per heavy atom. The fourth-order valence-corrected chi connectivity index (χ4v) is 3.83. The number of nitrogens with zero attached hydrogens (tertiary/aromatic N) is 3. The fraction of sp³-hybridized carbons (Fsp3) is 0.727. The van der Waals surface area contributed by atoms with Crippen LogP contribution in [-0.2, 0) is 10.0 Å². The van der Waals surface area contributed by atoms with Crippen molar-refractivity contribution >= 4 is 10.0 Å². The van der Waals surface area contributed by atoms with Crippen LogP contribution in [0.25, 0.3) is 0 Å². The zero-order valence-corrected chi connectivity index (χ0v) is 11.6. The summed E-state index contributed by atoms with van der Waals surface area (Å²) in [5.74, 6) is 0. The van der Waals surface area contributed by atoms with Gasteiger partial charge >= 0.3 is 0 Å². The lowest BCUT2D eigenvalue weighted by Gasteiger charge is -2.29.